The van der Waals surface area contributed by atoms with Crippen LogP contribution >= 0.6 is 23.2 Å². The smallest absolute Gasteiger partial charge is 0.411 e. The fourth-order valence-corrected chi connectivity index (χ4v) is 5.19. The first-order valence-corrected chi connectivity index (χ1v) is 13.3. The number of aromatic nitrogens is 3. The van der Waals surface area contributed by atoms with E-state index in [1.807, 2.05) is 0 Å². The second-order valence-corrected chi connectivity index (χ2v) is 10.2. The van der Waals surface area contributed by atoms with Gasteiger partial charge in [0.15, 0.2) is 12.0 Å². The Hall–Kier alpha value is -4.22. The monoisotopic (exact) mass is 601 g/mol. The number of rotatable bonds is 3. The van der Waals surface area contributed by atoms with Crippen molar-refractivity contribution >= 4 is 46.6 Å². The van der Waals surface area contributed by atoms with Gasteiger partial charge in [0.25, 0.3) is 0 Å². The van der Waals surface area contributed by atoms with Crippen molar-refractivity contribution in [1.82, 2.24) is 9.97 Å². The van der Waals surface area contributed by atoms with Gasteiger partial charge in [-0.2, -0.15) is 4.73 Å². The third-order valence-corrected chi connectivity index (χ3v) is 7.33. The first kappa shape index (κ1) is 28.3. The minimum atomic E-state index is -0.963. The third-order valence-electron chi connectivity index (χ3n) is 6.77. The van der Waals surface area contributed by atoms with Crippen LogP contribution in [-0.4, -0.2) is 29.1 Å². The molecule has 0 spiro atoms. The van der Waals surface area contributed by atoms with E-state index >= 15 is 0 Å². The quantitative estimate of drug-likeness (QED) is 0.136. The molecule has 0 aliphatic carbocycles. The Morgan fingerprint density at radius 2 is 1.98 bits per heavy atom. The summed E-state index contributed by atoms with van der Waals surface area (Å²) in [6, 6.07) is 9.88. The lowest BCUT2D eigenvalue weighted by Gasteiger charge is -2.17. The zero-order valence-electron chi connectivity index (χ0n) is 21.6. The topological polar surface area (TPSA) is 123 Å². The number of amides is 2. The van der Waals surface area contributed by atoms with Gasteiger partial charge in [-0.3, -0.25) is 10.1 Å². The molecule has 0 saturated carbocycles. The molecule has 5 rings (SSSR count). The van der Waals surface area contributed by atoms with Gasteiger partial charge >= 0.3 is 6.09 Å². The second kappa shape index (κ2) is 11.7. The van der Waals surface area contributed by atoms with Crippen molar-refractivity contribution in [1.29, 1.82) is 0 Å². The van der Waals surface area contributed by atoms with E-state index in [2.05, 4.69) is 20.4 Å². The van der Waals surface area contributed by atoms with E-state index in [0.29, 0.717) is 52.4 Å². The van der Waals surface area contributed by atoms with Gasteiger partial charge in [0.1, 0.15) is 28.4 Å². The summed E-state index contributed by atoms with van der Waals surface area (Å²) >= 11 is 12.4. The summed E-state index contributed by atoms with van der Waals surface area (Å²) in [6.45, 7) is 0. The molecule has 9 nitrogen and oxygen atoms in total. The standard InChI is InChI=1S/C28H23Cl2F2N5O4/c1-41-28(39)33-15-7-8-16-20(12-15)34-22(38)5-3-2-4-17(27-35-25(16)26(30)36-27)21-11-6-14(13-37(21)40)23-19(31)10-9-18(29)24(23)32/h6-13,17H,2-5H2,1H3,(H,33,39)(H,34,38)(H,35,36). The van der Waals surface area contributed by atoms with Crippen LogP contribution in [0.1, 0.15) is 43.1 Å². The van der Waals surface area contributed by atoms with E-state index in [-0.39, 0.29) is 33.8 Å². The van der Waals surface area contributed by atoms with E-state index in [9.17, 15) is 23.6 Å². The van der Waals surface area contributed by atoms with Crippen LogP contribution in [-0.2, 0) is 9.53 Å². The summed E-state index contributed by atoms with van der Waals surface area (Å²) < 4.78 is 34.3. The highest BCUT2D eigenvalue weighted by atomic mass is 35.5. The zero-order chi connectivity index (χ0) is 29.3. The first-order chi connectivity index (χ1) is 19.7. The number of hydrogen-bond acceptors (Lipinski definition) is 5. The van der Waals surface area contributed by atoms with E-state index < -0.39 is 29.2 Å². The third kappa shape index (κ3) is 5.82. The van der Waals surface area contributed by atoms with Crippen LogP contribution in [0.2, 0.25) is 10.2 Å². The lowest BCUT2D eigenvalue weighted by atomic mass is 9.95. The molecule has 0 fully saturated rings. The molecule has 1 aliphatic rings. The van der Waals surface area contributed by atoms with Crippen LogP contribution in [0.3, 0.4) is 0 Å². The fourth-order valence-electron chi connectivity index (χ4n) is 4.79. The average molecular weight is 602 g/mol. The van der Waals surface area contributed by atoms with Crippen LogP contribution < -0.4 is 15.4 Å². The molecule has 0 radical (unpaired) electrons. The summed E-state index contributed by atoms with van der Waals surface area (Å²) in [5.41, 5.74) is 1.45. The molecule has 1 atom stereocenters. The molecule has 2 aromatic heterocycles. The average Bonchev–Trinajstić information content (AvgIpc) is 3.32. The maximum absolute atomic E-state index is 14.6. The molecule has 0 saturated heterocycles. The van der Waals surface area contributed by atoms with Gasteiger partial charge in [-0.1, -0.05) is 29.6 Å². The molecule has 2 bridgehead atoms. The van der Waals surface area contributed by atoms with Crippen molar-refractivity contribution in [2.75, 3.05) is 17.7 Å². The Morgan fingerprint density at radius 1 is 1.17 bits per heavy atom. The minimum Gasteiger partial charge on any atom is -0.618 e. The minimum absolute atomic E-state index is 0.0227. The van der Waals surface area contributed by atoms with Crippen molar-refractivity contribution in [3.8, 4) is 22.4 Å². The maximum atomic E-state index is 14.6. The molecular weight excluding hydrogens is 579 g/mol. The Labute approximate surface area is 243 Å². The number of imidazole rings is 1. The van der Waals surface area contributed by atoms with Gasteiger partial charge < -0.3 is 20.2 Å². The van der Waals surface area contributed by atoms with Crippen LogP contribution in [0.4, 0.5) is 25.0 Å². The van der Waals surface area contributed by atoms with Gasteiger partial charge in [-0.05, 0) is 49.2 Å². The van der Waals surface area contributed by atoms with Crippen molar-refractivity contribution in [3.05, 3.63) is 87.2 Å². The van der Waals surface area contributed by atoms with E-state index in [1.165, 1.54) is 19.2 Å². The molecule has 4 aromatic rings. The summed E-state index contributed by atoms with van der Waals surface area (Å²) in [6.07, 6.45) is 2.12. The first-order valence-electron chi connectivity index (χ1n) is 12.6. The summed E-state index contributed by atoms with van der Waals surface area (Å²) in [7, 11) is 1.24. The van der Waals surface area contributed by atoms with Gasteiger partial charge in [-0.15, -0.1) is 0 Å². The van der Waals surface area contributed by atoms with Crippen molar-refractivity contribution in [3.63, 3.8) is 0 Å². The SMILES string of the molecule is COC(=O)Nc1ccc2c(c1)NC(=O)CCCCC(c1ccc(-c3c(F)ccc(Cl)c3F)c[n+]1[O-])c1nc-2c(Cl)[nH]1. The van der Waals surface area contributed by atoms with E-state index in [4.69, 9.17) is 28.2 Å². The molecule has 3 heterocycles. The number of aromatic amines is 1. The van der Waals surface area contributed by atoms with Crippen LogP contribution in [0.15, 0.2) is 48.7 Å². The van der Waals surface area contributed by atoms with Crippen LogP contribution in [0, 0.1) is 16.8 Å². The molecule has 13 heteroatoms. The summed E-state index contributed by atoms with van der Waals surface area (Å²) in [5, 5.41) is 18.6. The highest BCUT2D eigenvalue weighted by Gasteiger charge is 2.29. The zero-order valence-corrected chi connectivity index (χ0v) is 23.1. The van der Waals surface area contributed by atoms with Gasteiger partial charge in [0.05, 0.1) is 28.9 Å². The molecule has 3 N–H and O–H groups in total. The molecule has 1 unspecified atom stereocenters. The van der Waals surface area contributed by atoms with Gasteiger partial charge in [-0.25, -0.2) is 18.6 Å². The van der Waals surface area contributed by atoms with Crippen molar-refractivity contribution in [2.45, 2.75) is 31.6 Å². The summed E-state index contributed by atoms with van der Waals surface area (Å²) in [5.74, 6) is -2.24. The van der Waals surface area contributed by atoms with Crippen molar-refractivity contribution < 1.29 is 27.8 Å². The van der Waals surface area contributed by atoms with Crippen LogP contribution in [0.25, 0.3) is 22.4 Å². The fraction of sp³-hybridized carbons (Fsp3) is 0.214. The molecular formula is C28H23Cl2F2N5O4. The van der Waals surface area contributed by atoms with E-state index in [1.54, 1.807) is 18.2 Å². The molecule has 212 valence electrons. The predicted octanol–water partition coefficient (Wildman–Crippen LogP) is 6.78. The number of methoxy groups -OCH3 is 1. The number of fused-ring (bicyclic) bond motifs is 4. The number of nitrogens with zero attached hydrogens (tertiary/aromatic N) is 2. The number of anilines is 2. The number of benzene rings is 2. The number of H-pyrrole nitrogens is 1. The summed E-state index contributed by atoms with van der Waals surface area (Å²) in [4.78, 5) is 32.2. The van der Waals surface area contributed by atoms with E-state index in [0.717, 1.165) is 18.3 Å². The van der Waals surface area contributed by atoms with Gasteiger partial charge in [0.2, 0.25) is 11.6 Å². The molecule has 2 aromatic carbocycles. The van der Waals surface area contributed by atoms with Crippen LogP contribution in [0.5, 0.6) is 0 Å². The number of nitrogens with one attached hydrogen (secondary N) is 3. The van der Waals surface area contributed by atoms with Crippen molar-refractivity contribution in [2.24, 2.45) is 0 Å². The highest BCUT2D eigenvalue weighted by molar-refractivity contribution is 6.32. The molecule has 41 heavy (non-hydrogen) atoms. The molecule has 1 aliphatic heterocycles. The number of carbonyl (C=O) groups excluding carboxylic acids is 2. The number of ether oxygens (including phenoxy) is 1. The highest BCUT2D eigenvalue weighted by Crippen LogP contribution is 2.38. The number of halogens is 4. The second-order valence-electron chi connectivity index (χ2n) is 9.39. The Balaban J connectivity index is 1.57. The Kier molecular flexibility index (Phi) is 8.09. The lowest BCUT2D eigenvalue weighted by molar-refractivity contribution is -0.614. The number of pyridine rings is 1. The maximum Gasteiger partial charge on any atom is 0.411 e. The Morgan fingerprint density at radius 3 is 2.73 bits per heavy atom. The number of carbonyl (C=O) groups is 2. The molecule has 2 amide bonds. The normalized spacial score (nSPS) is 15.2. The van der Waals surface area contributed by atoms with Gasteiger partial charge in [0, 0.05) is 23.7 Å². The Bertz CT molecular complexity index is 1660. The largest absolute Gasteiger partial charge is 0.618 e. The number of hydrogen-bond donors (Lipinski definition) is 3. The lowest BCUT2D eigenvalue weighted by Crippen LogP contribution is -2.34. The predicted molar refractivity (Wildman–Crippen MR) is 150 cm³/mol.